The lowest BCUT2D eigenvalue weighted by Gasteiger charge is -2.02. The number of hydrogen-bond acceptors (Lipinski definition) is 3. The molecular formula is C11H10N2O2. The van der Waals surface area contributed by atoms with Gasteiger partial charge in [0.25, 0.3) is 0 Å². The molecule has 0 aromatic heterocycles. The largest absolute Gasteiger partial charge is 0.508 e. The van der Waals surface area contributed by atoms with Crippen molar-refractivity contribution in [3.8, 4) is 5.75 Å². The number of benzene rings is 2. The van der Waals surface area contributed by atoms with Crippen molar-refractivity contribution in [2.75, 3.05) is 0 Å². The van der Waals surface area contributed by atoms with Crippen LogP contribution in [0.1, 0.15) is 5.56 Å². The molecule has 2 aromatic carbocycles. The normalized spacial score (nSPS) is 11.9. The monoisotopic (exact) mass is 202 g/mol. The van der Waals surface area contributed by atoms with Gasteiger partial charge in [-0.05, 0) is 29.0 Å². The van der Waals surface area contributed by atoms with E-state index >= 15 is 0 Å². The highest BCUT2D eigenvalue weighted by molar-refractivity contribution is 6.00. The average Bonchev–Trinajstić information content (AvgIpc) is 2.27. The van der Waals surface area contributed by atoms with Gasteiger partial charge < -0.3 is 16.0 Å². The van der Waals surface area contributed by atoms with E-state index < -0.39 is 0 Å². The number of nitrogens with zero attached hydrogens (tertiary/aromatic N) is 1. The van der Waals surface area contributed by atoms with Crippen LogP contribution in [0.15, 0.2) is 41.6 Å². The van der Waals surface area contributed by atoms with Gasteiger partial charge in [-0.1, -0.05) is 23.4 Å². The fourth-order valence-electron chi connectivity index (χ4n) is 1.45. The van der Waals surface area contributed by atoms with Gasteiger partial charge in [0.05, 0.1) is 0 Å². The number of oxime groups is 1. The third-order valence-electron chi connectivity index (χ3n) is 2.23. The molecule has 0 atom stereocenters. The first-order valence-corrected chi connectivity index (χ1v) is 4.41. The van der Waals surface area contributed by atoms with Gasteiger partial charge in [-0.3, -0.25) is 0 Å². The highest BCUT2D eigenvalue weighted by Gasteiger charge is 2.01. The van der Waals surface area contributed by atoms with E-state index in [0.717, 1.165) is 10.8 Å². The second kappa shape index (κ2) is 3.49. The zero-order valence-electron chi connectivity index (χ0n) is 7.88. The van der Waals surface area contributed by atoms with Crippen LogP contribution in [0.3, 0.4) is 0 Å². The SMILES string of the molecule is NC(=NO)c1ccc2cc(O)ccc2c1. The van der Waals surface area contributed by atoms with Crippen LogP contribution < -0.4 is 5.73 Å². The Kier molecular flexibility index (Phi) is 2.17. The first-order valence-electron chi connectivity index (χ1n) is 4.41. The van der Waals surface area contributed by atoms with Crippen LogP contribution in [0.25, 0.3) is 10.8 Å². The minimum Gasteiger partial charge on any atom is -0.508 e. The standard InChI is InChI=1S/C11H10N2O2/c12-11(13-15)9-2-1-8-6-10(14)4-3-7(8)5-9/h1-6,14-15H,(H2,12,13). The molecule has 4 nitrogen and oxygen atoms in total. The summed E-state index contributed by atoms with van der Waals surface area (Å²) in [5.74, 6) is 0.295. The summed E-state index contributed by atoms with van der Waals surface area (Å²) in [4.78, 5) is 0. The van der Waals surface area contributed by atoms with Crippen LogP contribution in [0, 0.1) is 0 Å². The number of amidine groups is 1. The minimum absolute atomic E-state index is 0.0741. The molecule has 0 spiro atoms. The number of hydrogen-bond donors (Lipinski definition) is 3. The molecule has 0 saturated heterocycles. The Morgan fingerprint density at radius 3 is 2.47 bits per heavy atom. The van der Waals surface area contributed by atoms with Crippen molar-refractivity contribution in [1.29, 1.82) is 0 Å². The molecule has 0 amide bonds. The molecule has 0 bridgehead atoms. The van der Waals surface area contributed by atoms with E-state index in [4.69, 9.17) is 10.9 Å². The molecule has 0 saturated carbocycles. The Bertz CT molecular complexity index is 535. The Morgan fingerprint density at radius 2 is 1.73 bits per heavy atom. The lowest BCUT2D eigenvalue weighted by Crippen LogP contribution is -2.12. The molecule has 0 aliphatic rings. The summed E-state index contributed by atoms with van der Waals surface area (Å²) in [6.45, 7) is 0. The van der Waals surface area contributed by atoms with Crippen LogP contribution in [-0.2, 0) is 0 Å². The predicted molar refractivity (Wildman–Crippen MR) is 58.1 cm³/mol. The molecule has 0 aliphatic heterocycles. The summed E-state index contributed by atoms with van der Waals surface area (Å²) < 4.78 is 0. The highest BCUT2D eigenvalue weighted by atomic mass is 16.4. The van der Waals surface area contributed by atoms with Gasteiger partial charge in [0.1, 0.15) is 5.75 Å². The maximum atomic E-state index is 9.27. The molecule has 0 heterocycles. The third-order valence-corrected chi connectivity index (χ3v) is 2.23. The second-order valence-corrected chi connectivity index (χ2v) is 3.23. The molecule has 4 N–H and O–H groups in total. The van der Waals surface area contributed by atoms with Crippen LogP contribution in [0.2, 0.25) is 0 Å². The van der Waals surface area contributed by atoms with Crippen molar-refractivity contribution in [2.45, 2.75) is 0 Å². The molecular weight excluding hydrogens is 192 g/mol. The quantitative estimate of drug-likeness (QED) is 0.284. The topological polar surface area (TPSA) is 78.8 Å². The Hall–Kier alpha value is -2.23. The van der Waals surface area contributed by atoms with E-state index in [2.05, 4.69) is 5.16 Å². The maximum Gasteiger partial charge on any atom is 0.170 e. The molecule has 4 heteroatoms. The number of phenolic OH excluding ortho intramolecular Hbond substituents is 1. The fourth-order valence-corrected chi connectivity index (χ4v) is 1.45. The molecule has 2 aromatic rings. The van der Waals surface area contributed by atoms with Crippen LogP contribution >= 0.6 is 0 Å². The first-order chi connectivity index (χ1) is 7.20. The molecule has 0 fully saturated rings. The van der Waals surface area contributed by atoms with E-state index in [9.17, 15) is 5.11 Å². The van der Waals surface area contributed by atoms with Crippen molar-refractivity contribution in [2.24, 2.45) is 10.9 Å². The lowest BCUT2D eigenvalue weighted by atomic mass is 10.1. The molecule has 0 aliphatic carbocycles. The summed E-state index contributed by atoms with van der Waals surface area (Å²) in [5, 5.41) is 22.6. The van der Waals surface area contributed by atoms with E-state index in [1.54, 1.807) is 30.3 Å². The van der Waals surface area contributed by atoms with Gasteiger partial charge in [-0.25, -0.2) is 0 Å². The Labute approximate surface area is 86.3 Å². The number of aromatic hydroxyl groups is 1. The van der Waals surface area contributed by atoms with Gasteiger partial charge >= 0.3 is 0 Å². The number of rotatable bonds is 1. The Morgan fingerprint density at radius 1 is 1.07 bits per heavy atom. The van der Waals surface area contributed by atoms with E-state index in [-0.39, 0.29) is 11.6 Å². The molecule has 76 valence electrons. The van der Waals surface area contributed by atoms with Gasteiger partial charge in [0.2, 0.25) is 0 Å². The van der Waals surface area contributed by atoms with Crippen LogP contribution in [0.5, 0.6) is 5.75 Å². The summed E-state index contributed by atoms with van der Waals surface area (Å²) in [6, 6.07) is 10.4. The highest BCUT2D eigenvalue weighted by Crippen LogP contribution is 2.20. The maximum absolute atomic E-state index is 9.27. The van der Waals surface area contributed by atoms with Crippen molar-refractivity contribution >= 4 is 16.6 Å². The molecule has 0 unspecified atom stereocenters. The first kappa shape index (κ1) is 9.33. The summed E-state index contributed by atoms with van der Waals surface area (Å²) in [5.41, 5.74) is 6.11. The van der Waals surface area contributed by atoms with Gasteiger partial charge in [0, 0.05) is 5.56 Å². The van der Waals surface area contributed by atoms with Crippen LogP contribution in [0.4, 0.5) is 0 Å². The third kappa shape index (κ3) is 1.69. The van der Waals surface area contributed by atoms with E-state index in [0.29, 0.717) is 5.56 Å². The lowest BCUT2D eigenvalue weighted by molar-refractivity contribution is 0.318. The number of fused-ring (bicyclic) bond motifs is 1. The summed E-state index contributed by atoms with van der Waals surface area (Å²) >= 11 is 0. The molecule has 0 radical (unpaired) electrons. The number of phenols is 1. The second-order valence-electron chi connectivity index (χ2n) is 3.23. The number of nitrogens with two attached hydrogens (primary N) is 1. The minimum atomic E-state index is 0.0741. The molecule has 15 heavy (non-hydrogen) atoms. The van der Waals surface area contributed by atoms with E-state index in [1.807, 2.05) is 6.07 Å². The van der Waals surface area contributed by atoms with Crippen molar-refractivity contribution in [1.82, 2.24) is 0 Å². The van der Waals surface area contributed by atoms with Gasteiger partial charge in [-0.2, -0.15) is 0 Å². The van der Waals surface area contributed by atoms with Crippen molar-refractivity contribution in [3.05, 3.63) is 42.0 Å². The zero-order valence-corrected chi connectivity index (χ0v) is 7.88. The Balaban J connectivity index is 2.62. The smallest absolute Gasteiger partial charge is 0.170 e. The van der Waals surface area contributed by atoms with Gasteiger partial charge in [-0.15, -0.1) is 0 Å². The van der Waals surface area contributed by atoms with Crippen molar-refractivity contribution in [3.63, 3.8) is 0 Å². The van der Waals surface area contributed by atoms with Crippen LogP contribution in [-0.4, -0.2) is 16.1 Å². The predicted octanol–water partition coefficient (Wildman–Crippen LogP) is 1.64. The summed E-state index contributed by atoms with van der Waals surface area (Å²) in [6.07, 6.45) is 0. The molecule has 2 rings (SSSR count). The van der Waals surface area contributed by atoms with E-state index in [1.165, 1.54) is 0 Å². The summed E-state index contributed by atoms with van der Waals surface area (Å²) in [7, 11) is 0. The zero-order chi connectivity index (χ0) is 10.8. The van der Waals surface area contributed by atoms with Crippen molar-refractivity contribution < 1.29 is 10.3 Å². The van der Waals surface area contributed by atoms with Gasteiger partial charge in [0.15, 0.2) is 5.84 Å². The fraction of sp³-hybridized carbons (Fsp3) is 0. The average molecular weight is 202 g/mol.